The number of benzene rings is 3. The van der Waals surface area contributed by atoms with Gasteiger partial charge in [-0.25, -0.2) is 0 Å². The molecule has 0 N–H and O–H groups in total. The van der Waals surface area contributed by atoms with Crippen LogP contribution in [0.5, 0.6) is 0 Å². The second kappa shape index (κ2) is 6.72. The lowest BCUT2D eigenvalue weighted by Crippen LogP contribution is -2.03. The Morgan fingerprint density at radius 1 is 0.960 bits per heavy atom. The van der Waals surface area contributed by atoms with Crippen LogP contribution in [0.1, 0.15) is 43.7 Å². The van der Waals surface area contributed by atoms with Gasteiger partial charge in [-0.1, -0.05) is 68.3 Å². The maximum Gasteiger partial charge on any atom is 0.311 e. The van der Waals surface area contributed by atoms with Crippen LogP contribution >= 0.6 is 0 Å². The highest BCUT2D eigenvalue weighted by molar-refractivity contribution is 6.09. The van der Waals surface area contributed by atoms with Crippen molar-refractivity contribution in [2.24, 2.45) is 0 Å². The molecule has 0 bridgehead atoms. The summed E-state index contributed by atoms with van der Waals surface area (Å²) in [5, 5.41) is 5.04. The third kappa shape index (κ3) is 2.93. The van der Waals surface area contributed by atoms with Gasteiger partial charge in [0, 0.05) is 12.0 Å². The number of rotatable bonds is 5. The summed E-state index contributed by atoms with van der Waals surface area (Å²) < 4.78 is 5.64. The fourth-order valence-corrected chi connectivity index (χ4v) is 3.70. The molecule has 2 nitrogen and oxygen atoms in total. The SMILES string of the molecule is CCCCCC(=O)OC1=CCc2c1ccc1c2ccc2ccccc21. The first-order valence-electron chi connectivity index (χ1n) is 9.12. The molecule has 0 saturated heterocycles. The van der Waals surface area contributed by atoms with Gasteiger partial charge in [0.25, 0.3) is 0 Å². The highest BCUT2D eigenvalue weighted by atomic mass is 16.5. The minimum atomic E-state index is -0.119. The Hall–Kier alpha value is -2.61. The van der Waals surface area contributed by atoms with Crippen molar-refractivity contribution in [2.75, 3.05) is 0 Å². The maximum atomic E-state index is 12.1. The Bertz CT molecular complexity index is 982. The summed E-state index contributed by atoms with van der Waals surface area (Å²) in [4.78, 5) is 12.1. The van der Waals surface area contributed by atoms with Crippen molar-refractivity contribution in [1.29, 1.82) is 0 Å². The molecule has 0 radical (unpaired) electrons. The van der Waals surface area contributed by atoms with Gasteiger partial charge in [0.1, 0.15) is 5.76 Å². The first kappa shape index (κ1) is 15.9. The summed E-state index contributed by atoms with van der Waals surface area (Å²) in [6.07, 6.45) is 6.44. The van der Waals surface area contributed by atoms with Crippen molar-refractivity contribution >= 4 is 33.3 Å². The average Bonchev–Trinajstić information content (AvgIpc) is 3.05. The highest BCUT2D eigenvalue weighted by Gasteiger charge is 2.20. The Balaban J connectivity index is 1.65. The van der Waals surface area contributed by atoms with Crippen LogP contribution in [0.25, 0.3) is 27.3 Å². The summed E-state index contributed by atoms with van der Waals surface area (Å²) in [5.41, 5.74) is 2.33. The lowest BCUT2D eigenvalue weighted by atomic mass is 9.96. The zero-order valence-electron chi connectivity index (χ0n) is 14.5. The van der Waals surface area contributed by atoms with Crippen LogP contribution in [0.15, 0.2) is 54.6 Å². The smallest absolute Gasteiger partial charge is 0.311 e. The molecule has 0 aromatic heterocycles. The number of ether oxygens (including phenoxy) is 1. The first-order chi connectivity index (χ1) is 12.3. The third-order valence-electron chi connectivity index (χ3n) is 5.00. The summed E-state index contributed by atoms with van der Waals surface area (Å²) in [6.45, 7) is 2.13. The fraction of sp³-hybridized carbons (Fsp3) is 0.261. The van der Waals surface area contributed by atoms with Crippen molar-refractivity contribution in [3.8, 4) is 0 Å². The van der Waals surface area contributed by atoms with Gasteiger partial charge in [0.05, 0.1) is 0 Å². The number of esters is 1. The number of hydrogen-bond acceptors (Lipinski definition) is 2. The van der Waals surface area contributed by atoms with E-state index >= 15 is 0 Å². The summed E-state index contributed by atoms with van der Waals surface area (Å²) in [6, 6.07) is 17.1. The summed E-state index contributed by atoms with van der Waals surface area (Å²) in [7, 11) is 0. The van der Waals surface area contributed by atoms with Crippen LogP contribution in [-0.4, -0.2) is 5.97 Å². The van der Waals surface area contributed by atoms with Crippen LogP contribution in [0.2, 0.25) is 0 Å². The van der Waals surface area contributed by atoms with E-state index in [0.29, 0.717) is 6.42 Å². The molecule has 0 atom stereocenters. The molecule has 0 spiro atoms. The molecule has 0 heterocycles. The van der Waals surface area contributed by atoms with Gasteiger partial charge in [-0.3, -0.25) is 4.79 Å². The number of hydrogen-bond donors (Lipinski definition) is 0. The van der Waals surface area contributed by atoms with E-state index in [1.165, 1.54) is 27.1 Å². The fourth-order valence-electron chi connectivity index (χ4n) is 3.70. The zero-order valence-corrected chi connectivity index (χ0v) is 14.5. The quantitative estimate of drug-likeness (QED) is 0.325. The number of carbonyl (C=O) groups excluding carboxylic acids is 1. The Morgan fingerprint density at radius 2 is 1.80 bits per heavy atom. The minimum absolute atomic E-state index is 0.119. The molecule has 4 rings (SSSR count). The molecular weight excluding hydrogens is 308 g/mol. The van der Waals surface area contributed by atoms with Crippen molar-refractivity contribution in [2.45, 2.75) is 39.0 Å². The third-order valence-corrected chi connectivity index (χ3v) is 5.00. The van der Waals surface area contributed by atoms with Crippen molar-refractivity contribution in [3.05, 3.63) is 65.7 Å². The molecule has 1 aliphatic carbocycles. The van der Waals surface area contributed by atoms with Gasteiger partial charge < -0.3 is 4.74 Å². The van der Waals surface area contributed by atoms with E-state index in [0.717, 1.165) is 37.0 Å². The zero-order chi connectivity index (χ0) is 17.2. The van der Waals surface area contributed by atoms with E-state index in [2.05, 4.69) is 55.5 Å². The Morgan fingerprint density at radius 3 is 2.68 bits per heavy atom. The van der Waals surface area contributed by atoms with Crippen LogP contribution in [-0.2, 0) is 16.0 Å². The molecule has 3 aromatic rings. The van der Waals surface area contributed by atoms with E-state index in [1.807, 2.05) is 6.08 Å². The Labute approximate surface area is 148 Å². The van der Waals surface area contributed by atoms with Gasteiger partial charge in [0.15, 0.2) is 0 Å². The molecular formula is C23H22O2. The van der Waals surface area contributed by atoms with Gasteiger partial charge >= 0.3 is 5.97 Å². The van der Waals surface area contributed by atoms with E-state index in [4.69, 9.17) is 4.74 Å². The molecule has 126 valence electrons. The molecule has 3 aromatic carbocycles. The van der Waals surface area contributed by atoms with Crippen LogP contribution in [0.3, 0.4) is 0 Å². The van der Waals surface area contributed by atoms with Crippen LogP contribution < -0.4 is 0 Å². The molecule has 0 aliphatic heterocycles. The molecule has 1 aliphatic rings. The summed E-state index contributed by atoms with van der Waals surface area (Å²) in [5.74, 6) is 0.609. The molecule has 0 unspecified atom stereocenters. The van der Waals surface area contributed by atoms with E-state index in [-0.39, 0.29) is 5.97 Å². The van der Waals surface area contributed by atoms with E-state index in [9.17, 15) is 4.79 Å². The van der Waals surface area contributed by atoms with E-state index < -0.39 is 0 Å². The van der Waals surface area contributed by atoms with Gasteiger partial charge in [-0.05, 0) is 46.0 Å². The van der Waals surface area contributed by atoms with E-state index in [1.54, 1.807) is 0 Å². The number of allylic oxidation sites excluding steroid dienone is 1. The number of carbonyl (C=O) groups is 1. The Kier molecular flexibility index (Phi) is 4.27. The second-order valence-corrected chi connectivity index (χ2v) is 6.68. The first-order valence-corrected chi connectivity index (χ1v) is 9.12. The molecule has 0 amide bonds. The largest absolute Gasteiger partial charge is 0.426 e. The topological polar surface area (TPSA) is 26.3 Å². The molecule has 0 saturated carbocycles. The lowest BCUT2D eigenvalue weighted by molar-refractivity contribution is -0.136. The van der Waals surface area contributed by atoms with Crippen molar-refractivity contribution < 1.29 is 9.53 Å². The maximum absolute atomic E-state index is 12.1. The molecule has 0 fully saturated rings. The van der Waals surface area contributed by atoms with Crippen LogP contribution in [0, 0.1) is 0 Å². The molecule has 25 heavy (non-hydrogen) atoms. The number of fused-ring (bicyclic) bond motifs is 5. The average molecular weight is 330 g/mol. The summed E-state index contributed by atoms with van der Waals surface area (Å²) >= 11 is 0. The predicted octanol–water partition coefficient (Wildman–Crippen LogP) is 6.01. The van der Waals surface area contributed by atoms with Crippen molar-refractivity contribution in [1.82, 2.24) is 0 Å². The van der Waals surface area contributed by atoms with Gasteiger partial charge in [-0.15, -0.1) is 0 Å². The second-order valence-electron chi connectivity index (χ2n) is 6.68. The minimum Gasteiger partial charge on any atom is -0.426 e. The standard InChI is InChI=1S/C23H22O2/c1-2-3-4-9-23(24)25-22-15-14-20-19-11-10-16-7-5-6-8-17(16)18(19)12-13-21(20)22/h5-8,10-13,15H,2-4,9,14H2,1H3. The van der Waals surface area contributed by atoms with Crippen molar-refractivity contribution in [3.63, 3.8) is 0 Å². The molecule has 2 heteroatoms. The van der Waals surface area contributed by atoms with Crippen LogP contribution in [0.4, 0.5) is 0 Å². The normalized spacial score (nSPS) is 13.1. The predicted molar refractivity (Wildman–Crippen MR) is 103 cm³/mol. The highest BCUT2D eigenvalue weighted by Crippen LogP contribution is 2.36. The lowest BCUT2D eigenvalue weighted by Gasteiger charge is -2.11. The van der Waals surface area contributed by atoms with Gasteiger partial charge in [-0.2, -0.15) is 0 Å². The number of unbranched alkanes of at least 4 members (excludes halogenated alkanes) is 2. The van der Waals surface area contributed by atoms with Gasteiger partial charge in [0.2, 0.25) is 0 Å². The monoisotopic (exact) mass is 330 g/mol.